The summed E-state index contributed by atoms with van der Waals surface area (Å²) in [6.45, 7) is 7.51. The van der Waals surface area contributed by atoms with E-state index in [1.54, 1.807) is 29.4 Å². The number of carbonyl (C=O) groups excluding carboxylic acids is 2. The standard InChI is InChI=1S/C23H28N2O4/c1-3-11-24(23(27)19-8-4-7-18(2)14-19)17-22(26)25(15-20-9-5-12-28-20)16-21-10-6-13-29-21/h3-5,7-9,12,14,21H,1,6,10-11,13,15-17H2,2H3. The van der Waals surface area contributed by atoms with Crippen molar-refractivity contribution < 1.29 is 18.7 Å². The Labute approximate surface area is 171 Å². The van der Waals surface area contributed by atoms with Gasteiger partial charge in [0, 0.05) is 25.3 Å². The van der Waals surface area contributed by atoms with Crippen LogP contribution in [0.2, 0.25) is 0 Å². The Balaban J connectivity index is 1.73. The van der Waals surface area contributed by atoms with Crippen LogP contribution in [0.25, 0.3) is 0 Å². The molecule has 0 bridgehead atoms. The molecule has 0 aliphatic carbocycles. The first-order valence-electron chi connectivity index (χ1n) is 9.95. The lowest BCUT2D eigenvalue weighted by Gasteiger charge is -2.28. The first-order chi connectivity index (χ1) is 14.1. The van der Waals surface area contributed by atoms with Crippen LogP contribution in [0.3, 0.4) is 0 Å². The Morgan fingerprint density at radius 3 is 2.76 bits per heavy atom. The van der Waals surface area contributed by atoms with E-state index < -0.39 is 0 Å². The minimum Gasteiger partial charge on any atom is -0.467 e. The van der Waals surface area contributed by atoms with E-state index in [2.05, 4.69) is 6.58 Å². The second-order valence-electron chi connectivity index (χ2n) is 7.33. The van der Waals surface area contributed by atoms with Gasteiger partial charge in [-0.1, -0.05) is 23.8 Å². The van der Waals surface area contributed by atoms with Gasteiger partial charge in [-0.05, 0) is 44.0 Å². The first-order valence-corrected chi connectivity index (χ1v) is 9.95. The van der Waals surface area contributed by atoms with Crippen LogP contribution in [-0.4, -0.2) is 54.0 Å². The zero-order valence-corrected chi connectivity index (χ0v) is 16.9. The minimum absolute atomic E-state index is 0.0216. The Kier molecular flexibility index (Phi) is 7.25. The zero-order chi connectivity index (χ0) is 20.6. The van der Waals surface area contributed by atoms with Crippen LogP contribution in [0.4, 0.5) is 0 Å². The second-order valence-corrected chi connectivity index (χ2v) is 7.33. The Morgan fingerprint density at radius 2 is 2.10 bits per heavy atom. The maximum Gasteiger partial charge on any atom is 0.254 e. The first kappa shape index (κ1) is 20.9. The molecule has 6 nitrogen and oxygen atoms in total. The molecule has 2 aromatic rings. The van der Waals surface area contributed by atoms with Gasteiger partial charge >= 0.3 is 0 Å². The van der Waals surface area contributed by atoms with Crippen molar-refractivity contribution in [1.29, 1.82) is 0 Å². The molecule has 29 heavy (non-hydrogen) atoms. The van der Waals surface area contributed by atoms with Crippen LogP contribution in [0.15, 0.2) is 59.7 Å². The zero-order valence-electron chi connectivity index (χ0n) is 16.9. The van der Waals surface area contributed by atoms with Gasteiger partial charge in [0.05, 0.1) is 18.9 Å². The molecule has 1 atom stereocenters. The van der Waals surface area contributed by atoms with E-state index in [0.717, 1.165) is 25.0 Å². The van der Waals surface area contributed by atoms with E-state index in [1.807, 2.05) is 31.2 Å². The van der Waals surface area contributed by atoms with Crippen LogP contribution in [0, 0.1) is 6.92 Å². The second kappa shape index (κ2) is 10.1. The lowest BCUT2D eigenvalue weighted by Crippen LogP contribution is -2.45. The number of benzene rings is 1. The van der Waals surface area contributed by atoms with E-state index in [0.29, 0.717) is 31.0 Å². The number of nitrogens with zero attached hydrogens (tertiary/aromatic N) is 2. The lowest BCUT2D eigenvalue weighted by molar-refractivity contribution is -0.134. The number of carbonyl (C=O) groups is 2. The summed E-state index contributed by atoms with van der Waals surface area (Å²) in [5, 5.41) is 0. The van der Waals surface area contributed by atoms with Crippen molar-refractivity contribution >= 4 is 11.8 Å². The fraction of sp³-hybridized carbons (Fsp3) is 0.391. The SMILES string of the molecule is C=CCN(CC(=O)N(Cc1ccco1)CC1CCCO1)C(=O)c1cccc(C)c1. The number of aryl methyl sites for hydroxylation is 1. The molecular weight excluding hydrogens is 368 g/mol. The van der Waals surface area contributed by atoms with Gasteiger partial charge in [0.25, 0.3) is 5.91 Å². The largest absolute Gasteiger partial charge is 0.467 e. The third-order valence-electron chi connectivity index (χ3n) is 4.96. The van der Waals surface area contributed by atoms with Crippen LogP contribution >= 0.6 is 0 Å². The van der Waals surface area contributed by atoms with E-state index >= 15 is 0 Å². The van der Waals surface area contributed by atoms with Crippen LogP contribution in [-0.2, 0) is 16.1 Å². The van der Waals surface area contributed by atoms with Crippen LogP contribution in [0.5, 0.6) is 0 Å². The highest BCUT2D eigenvalue weighted by molar-refractivity contribution is 5.96. The van der Waals surface area contributed by atoms with Crippen molar-refractivity contribution in [1.82, 2.24) is 9.80 Å². The Bertz CT molecular complexity index is 825. The third-order valence-corrected chi connectivity index (χ3v) is 4.96. The number of hydrogen-bond donors (Lipinski definition) is 0. The molecule has 154 valence electrons. The van der Waals surface area contributed by atoms with Crippen LogP contribution in [0.1, 0.15) is 34.5 Å². The summed E-state index contributed by atoms with van der Waals surface area (Å²) in [5.74, 6) is 0.383. The molecule has 0 radical (unpaired) electrons. The van der Waals surface area contributed by atoms with Crippen molar-refractivity contribution in [3.8, 4) is 0 Å². The molecule has 3 rings (SSSR count). The summed E-state index contributed by atoms with van der Waals surface area (Å²) in [5.41, 5.74) is 1.56. The van der Waals surface area contributed by atoms with Gasteiger partial charge in [-0.15, -0.1) is 6.58 Å². The monoisotopic (exact) mass is 396 g/mol. The normalized spacial score (nSPS) is 15.8. The fourth-order valence-corrected chi connectivity index (χ4v) is 3.48. The summed E-state index contributed by atoms with van der Waals surface area (Å²) < 4.78 is 11.1. The van der Waals surface area contributed by atoms with Gasteiger partial charge in [0.1, 0.15) is 12.3 Å². The third kappa shape index (κ3) is 5.81. The molecule has 1 unspecified atom stereocenters. The highest BCUT2D eigenvalue weighted by Crippen LogP contribution is 2.16. The summed E-state index contributed by atoms with van der Waals surface area (Å²) in [4.78, 5) is 29.4. The summed E-state index contributed by atoms with van der Waals surface area (Å²) in [7, 11) is 0. The van der Waals surface area contributed by atoms with Gasteiger partial charge in [-0.2, -0.15) is 0 Å². The van der Waals surface area contributed by atoms with E-state index in [4.69, 9.17) is 9.15 Å². The van der Waals surface area contributed by atoms with E-state index in [-0.39, 0.29) is 24.5 Å². The van der Waals surface area contributed by atoms with Gasteiger partial charge < -0.3 is 19.0 Å². The van der Waals surface area contributed by atoms with Crippen molar-refractivity contribution in [2.75, 3.05) is 26.2 Å². The number of hydrogen-bond acceptors (Lipinski definition) is 4. The topological polar surface area (TPSA) is 63.0 Å². The average Bonchev–Trinajstić information content (AvgIpc) is 3.41. The molecule has 1 aromatic heterocycles. The van der Waals surface area contributed by atoms with Gasteiger partial charge in [0.2, 0.25) is 5.91 Å². The van der Waals surface area contributed by atoms with Crippen molar-refractivity contribution in [2.24, 2.45) is 0 Å². The number of furan rings is 1. The predicted octanol–water partition coefficient (Wildman–Crippen LogP) is 3.42. The Morgan fingerprint density at radius 1 is 1.24 bits per heavy atom. The van der Waals surface area contributed by atoms with Gasteiger partial charge in [0.15, 0.2) is 0 Å². The van der Waals surface area contributed by atoms with Crippen molar-refractivity contribution in [2.45, 2.75) is 32.4 Å². The fourth-order valence-electron chi connectivity index (χ4n) is 3.48. The summed E-state index contributed by atoms with van der Waals surface area (Å²) >= 11 is 0. The molecule has 1 aliphatic rings. The average molecular weight is 396 g/mol. The molecule has 1 aromatic carbocycles. The highest BCUT2D eigenvalue weighted by atomic mass is 16.5. The molecule has 1 aliphatic heterocycles. The van der Waals surface area contributed by atoms with Gasteiger partial charge in [-0.3, -0.25) is 9.59 Å². The van der Waals surface area contributed by atoms with Crippen molar-refractivity contribution in [3.63, 3.8) is 0 Å². The number of rotatable bonds is 9. The molecule has 2 amide bonds. The summed E-state index contributed by atoms with van der Waals surface area (Å²) in [6, 6.07) is 11.0. The molecule has 2 heterocycles. The number of amides is 2. The maximum atomic E-state index is 13.1. The van der Waals surface area contributed by atoms with E-state index in [9.17, 15) is 9.59 Å². The predicted molar refractivity (Wildman–Crippen MR) is 110 cm³/mol. The smallest absolute Gasteiger partial charge is 0.254 e. The quantitative estimate of drug-likeness (QED) is 0.609. The van der Waals surface area contributed by atoms with E-state index in [1.165, 1.54) is 4.90 Å². The molecule has 0 N–H and O–H groups in total. The highest BCUT2D eigenvalue weighted by Gasteiger charge is 2.26. The lowest BCUT2D eigenvalue weighted by atomic mass is 10.1. The maximum absolute atomic E-state index is 13.1. The Hall–Kier alpha value is -2.86. The molecule has 1 fully saturated rings. The van der Waals surface area contributed by atoms with Crippen LogP contribution < -0.4 is 0 Å². The van der Waals surface area contributed by atoms with Crippen molar-refractivity contribution in [3.05, 3.63) is 72.2 Å². The summed E-state index contributed by atoms with van der Waals surface area (Å²) in [6.07, 6.45) is 5.18. The van der Waals surface area contributed by atoms with Gasteiger partial charge in [-0.25, -0.2) is 0 Å². The number of ether oxygens (including phenoxy) is 1. The molecule has 0 saturated carbocycles. The molecule has 0 spiro atoms. The molecular formula is C23H28N2O4. The molecule has 6 heteroatoms. The minimum atomic E-state index is -0.183. The molecule has 1 saturated heterocycles.